The quantitative estimate of drug-likeness (QED) is 0.165. The zero-order valence-corrected chi connectivity index (χ0v) is 28.3. The Labute approximate surface area is 286 Å². The molecule has 0 radical (unpaired) electrons. The molecule has 4 aromatic carbocycles. The van der Waals surface area contributed by atoms with Gasteiger partial charge in [0.1, 0.15) is 0 Å². The van der Waals surface area contributed by atoms with Gasteiger partial charge in [0.15, 0.2) is 6.29 Å². The van der Waals surface area contributed by atoms with Crippen LogP contribution in [-0.4, -0.2) is 39.4 Å². The first kappa shape index (κ1) is 34.4. The van der Waals surface area contributed by atoms with E-state index in [1.807, 2.05) is 78.9 Å². The summed E-state index contributed by atoms with van der Waals surface area (Å²) >= 11 is 17.2. The van der Waals surface area contributed by atoms with Crippen LogP contribution in [0, 0.1) is 5.92 Å². The molecule has 46 heavy (non-hydrogen) atoms. The highest BCUT2D eigenvalue weighted by atomic mass is 35.6. The van der Waals surface area contributed by atoms with E-state index in [9.17, 15) is 9.90 Å². The Morgan fingerprint density at radius 1 is 0.891 bits per heavy atom. The summed E-state index contributed by atoms with van der Waals surface area (Å²) in [7, 11) is 2.13. The van der Waals surface area contributed by atoms with Crippen molar-refractivity contribution in [3.05, 3.63) is 131 Å². The molecule has 0 aliphatic carbocycles. The lowest BCUT2D eigenvalue weighted by Gasteiger charge is -2.43. The summed E-state index contributed by atoms with van der Waals surface area (Å²) in [4.78, 5) is 14.5. The van der Waals surface area contributed by atoms with Crippen LogP contribution in [0.25, 0.3) is 11.1 Å². The van der Waals surface area contributed by atoms with Crippen molar-refractivity contribution in [3.8, 4) is 11.1 Å². The number of nitrogens with one attached hydrogen (secondary N) is 1. The van der Waals surface area contributed by atoms with Crippen LogP contribution in [0.4, 0.5) is 0 Å². The summed E-state index contributed by atoms with van der Waals surface area (Å²) < 4.78 is 11.4. The zero-order valence-electron chi connectivity index (χ0n) is 26.1. The molecule has 5 atom stereocenters. The molecule has 0 bridgehead atoms. The van der Waals surface area contributed by atoms with Crippen molar-refractivity contribution in [2.24, 2.45) is 5.92 Å². The van der Waals surface area contributed by atoms with Crippen LogP contribution in [0.1, 0.15) is 60.1 Å². The highest BCUT2D eigenvalue weighted by Gasteiger charge is 2.39. The first-order valence-electron chi connectivity index (χ1n) is 15.3. The average Bonchev–Trinajstić information content (AvgIpc) is 3.08. The number of carbonyl (C=O) groups excluding carboxylic acids is 1. The minimum atomic E-state index is -2.03. The number of nitrogens with zero attached hydrogens (tertiary/aromatic N) is 1. The monoisotopic (exact) mass is 680 g/mol. The van der Waals surface area contributed by atoms with Gasteiger partial charge >= 0.3 is 0 Å². The summed E-state index contributed by atoms with van der Waals surface area (Å²) in [5, 5.41) is 12.3. The number of rotatable bonds is 10. The maximum Gasteiger partial charge on any atom is 0.272 e. The lowest BCUT2D eigenvalue weighted by molar-refractivity contribution is -0.276. The van der Waals surface area contributed by atoms with E-state index in [0.29, 0.717) is 6.54 Å². The largest absolute Gasteiger partial charge is 0.392 e. The van der Waals surface area contributed by atoms with Gasteiger partial charge in [0.25, 0.3) is 9.70 Å². The fourth-order valence-electron chi connectivity index (χ4n) is 5.81. The highest BCUT2D eigenvalue weighted by molar-refractivity contribution is 6.76. The van der Waals surface area contributed by atoms with E-state index < -0.39 is 16.0 Å². The van der Waals surface area contributed by atoms with Crippen molar-refractivity contribution < 1.29 is 19.4 Å². The molecule has 1 amide bonds. The number of hydrogen-bond donors (Lipinski definition) is 2. The van der Waals surface area contributed by atoms with E-state index in [4.69, 9.17) is 44.3 Å². The Hall–Kier alpha value is -2.94. The molecule has 5 rings (SSSR count). The Kier molecular flexibility index (Phi) is 11.4. The molecule has 5 unspecified atom stereocenters. The fraction of sp³-hybridized carbons (Fsp3) is 0.324. The molecule has 9 heteroatoms. The minimum absolute atomic E-state index is 0.00730. The van der Waals surface area contributed by atoms with Crippen LogP contribution in [0.2, 0.25) is 0 Å². The second-order valence-corrected chi connectivity index (χ2v) is 14.1. The molecular formula is C37H39Cl3N2O4. The molecule has 6 nitrogen and oxygen atoms in total. The van der Waals surface area contributed by atoms with Crippen LogP contribution in [0.3, 0.4) is 0 Å². The predicted octanol–water partition coefficient (Wildman–Crippen LogP) is 8.32. The van der Waals surface area contributed by atoms with Crippen LogP contribution >= 0.6 is 34.8 Å². The molecule has 0 saturated carbocycles. The fourth-order valence-corrected chi connectivity index (χ4v) is 6.01. The third-order valence-electron chi connectivity index (χ3n) is 8.74. The Balaban J connectivity index is 1.38. The Bertz CT molecular complexity index is 1580. The summed E-state index contributed by atoms with van der Waals surface area (Å²) in [5.74, 6) is -0.613. The summed E-state index contributed by atoms with van der Waals surface area (Å²) in [6.07, 6.45) is -0.907. The predicted molar refractivity (Wildman–Crippen MR) is 184 cm³/mol. The number of benzene rings is 4. The molecule has 1 fully saturated rings. The molecular weight excluding hydrogens is 643 g/mol. The van der Waals surface area contributed by atoms with Crippen molar-refractivity contribution in [2.45, 2.75) is 55.3 Å². The normalized spacial score (nSPS) is 20.8. The van der Waals surface area contributed by atoms with Gasteiger partial charge in [-0.2, -0.15) is 0 Å². The topological polar surface area (TPSA) is 71.0 Å². The second-order valence-electron chi connectivity index (χ2n) is 11.8. The Morgan fingerprint density at radius 3 is 2.17 bits per heavy atom. The highest BCUT2D eigenvalue weighted by Crippen LogP contribution is 2.42. The number of hydrogen-bond acceptors (Lipinski definition) is 5. The molecule has 1 heterocycles. The summed E-state index contributed by atoms with van der Waals surface area (Å²) in [6.45, 7) is 5.31. The van der Waals surface area contributed by atoms with E-state index in [1.165, 1.54) is 5.56 Å². The van der Waals surface area contributed by atoms with Crippen molar-refractivity contribution in [3.63, 3.8) is 0 Å². The molecule has 242 valence electrons. The van der Waals surface area contributed by atoms with Gasteiger partial charge in [-0.1, -0.05) is 145 Å². The van der Waals surface area contributed by atoms with Crippen molar-refractivity contribution >= 4 is 40.7 Å². The first-order valence-corrected chi connectivity index (χ1v) is 16.5. The van der Waals surface area contributed by atoms with Gasteiger partial charge in [0.2, 0.25) is 0 Å². The van der Waals surface area contributed by atoms with Crippen LogP contribution < -0.4 is 5.32 Å². The number of likely N-dealkylation sites (N-methyl/N-ethyl adjacent to an activating group) is 1. The number of halogens is 3. The van der Waals surface area contributed by atoms with E-state index in [-0.39, 0.29) is 37.3 Å². The second kappa shape index (κ2) is 15.3. The molecule has 0 aromatic heterocycles. The smallest absolute Gasteiger partial charge is 0.272 e. The number of aliphatic hydroxyl groups is 1. The van der Waals surface area contributed by atoms with E-state index in [1.54, 1.807) is 0 Å². The first-order chi connectivity index (χ1) is 22.0. The number of carbonyl (C=O) groups is 1. The third kappa shape index (κ3) is 8.31. The molecule has 0 spiro atoms. The van der Waals surface area contributed by atoms with E-state index in [0.717, 1.165) is 33.4 Å². The molecule has 2 N–H and O–H groups in total. The standard InChI is InChI=1S/C37H39Cl3N2O4/c1-24-33(22-42(3)25(2)27-9-5-4-6-10-27)45-35(46-34(24)29-15-13-26(23-43)14-16-29)30-19-17-28(18-20-30)32-12-8-7-11-31(32)21-41-36(44)37(38,39)40/h4-20,24-25,33-35,43H,21-23H2,1-3H3,(H,41,44). The molecule has 4 aromatic rings. The lowest BCUT2D eigenvalue weighted by atomic mass is 9.89. The maximum absolute atomic E-state index is 12.1. The number of amides is 1. The van der Waals surface area contributed by atoms with Crippen molar-refractivity contribution in [1.82, 2.24) is 10.2 Å². The van der Waals surface area contributed by atoms with Gasteiger partial charge in [-0.15, -0.1) is 0 Å². The van der Waals surface area contributed by atoms with E-state index >= 15 is 0 Å². The van der Waals surface area contributed by atoms with E-state index in [2.05, 4.69) is 55.4 Å². The van der Waals surface area contributed by atoms with Gasteiger partial charge in [0, 0.05) is 30.6 Å². The average molecular weight is 682 g/mol. The van der Waals surface area contributed by atoms with Gasteiger partial charge in [-0.25, -0.2) is 0 Å². The molecule has 1 aliphatic rings. The van der Waals surface area contributed by atoms with Gasteiger partial charge < -0.3 is 19.9 Å². The Morgan fingerprint density at radius 2 is 1.52 bits per heavy atom. The summed E-state index contributed by atoms with van der Waals surface area (Å²) in [5.41, 5.74) is 6.86. The van der Waals surface area contributed by atoms with Gasteiger partial charge in [-0.05, 0) is 47.4 Å². The van der Waals surface area contributed by atoms with Crippen LogP contribution in [0.5, 0.6) is 0 Å². The number of ether oxygens (including phenoxy) is 2. The molecule has 1 aliphatic heterocycles. The third-order valence-corrected chi connectivity index (χ3v) is 9.26. The van der Waals surface area contributed by atoms with Crippen molar-refractivity contribution in [2.75, 3.05) is 13.6 Å². The van der Waals surface area contributed by atoms with Gasteiger partial charge in [-0.3, -0.25) is 9.69 Å². The zero-order chi connectivity index (χ0) is 32.8. The number of aliphatic hydroxyl groups excluding tert-OH is 1. The van der Waals surface area contributed by atoms with Crippen LogP contribution in [0.15, 0.2) is 103 Å². The molecule has 1 saturated heterocycles. The minimum Gasteiger partial charge on any atom is -0.392 e. The van der Waals surface area contributed by atoms with Gasteiger partial charge in [0.05, 0.1) is 18.8 Å². The van der Waals surface area contributed by atoms with Crippen molar-refractivity contribution in [1.29, 1.82) is 0 Å². The lowest BCUT2D eigenvalue weighted by Crippen LogP contribution is -2.44. The summed E-state index contributed by atoms with van der Waals surface area (Å²) in [6, 6.07) is 34.5. The SMILES string of the molecule is CC1C(CN(C)C(C)c2ccccc2)OC(c2ccc(-c3ccccc3CNC(=O)C(Cl)(Cl)Cl)cc2)OC1c1ccc(CO)cc1. The van der Waals surface area contributed by atoms with Crippen LogP contribution in [-0.2, 0) is 27.4 Å². The number of alkyl halides is 3. The maximum atomic E-state index is 12.1.